The Morgan fingerprint density at radius 2 is 2.08 bits per heavy atom. The Labute approximate surface area is 154 Å². The number of nitro groups is 1. The first-order valence-electron chi connectivity index (χ1n) is 7.84. The van der Waals surface area contributed by atoms with Crippen LogP contribution in [0.1, 0.15) is 23.2 Å². The van der Waals surface area contributed by atoms with E-state index in [4.69, 9.17) is 4.74 Å². The average molecular weight is 381 g/mol. The van der Waals surface area contributed by atoms with Crippen molar-refractivity contribution in [2.75, 3.05) is 26.5 Å². The number of nitro benzene ring substituents is 1. The highest BCUT2D eigenvalue weighted by atomic mass is 32.2. The number of esters is 1. The fraction of sp³-hybridized carbons (Fsp3) is 0.438. The molecule has 0 aromatic heterocycles. The van der Waals surface area contributed by atoms with Gasteiger partial charge in [-0.3, -0.25) is 19.7 Å². The third-order valence-electron chi connectivity index (χ3n) is 3.69. The minimum Gasteiger partial charge on any atom is -0.452 e. The fourth-order valence-corrected chi connectivity index (χ4v) is 2.63. The molecule has 1 N–H and O–H groups in total. The second-order valence-corrected chi connectivity index (χ2v) is 6.66. The molecule has 140 valence electrons. The second-order valence-electron chi connectivity index (χ2n) is 5.81. The monoisotopic (exact) mass is 381 g/mol. The molecule has 26 heavy (non-hydrogen) atoms. The van der Waals surface area contributed by atoms with Gasteiger partial charge >= 0.3 is 5.97 Å². The molecule has 9 nitrogen and oxygen atoms in total. The van der Waals surface area contributed by atoms with E-state index in [1.807, 2.05) is 0 Å². The molecule has 1 aliphatic carbocycles. The number of benzene rings is 1. The molecule has 2 amide bonds. The molecule has 1 fully saturated rings. The number of hydrogen-bond donors (Lipinski definition) is 1. The van der Waals surface area contributed by atoms with E-state index >= 15 is 0 Å². The number of ether oxygens (including phenoxy) is 1. The smallest absolute Gasteiger partial charge is 0.338 e. The molecule has 0 atom stereocenters. The Balaban J connectivity index is 1.88. The van der Waals surface area contributed by atoms with Crippen molar-refractivity contribution < 1.29 is 24.0 Å². The zero-order chi connectivity index (χ0) is 19.3. The third kappa shape index (κ3) is 5.45. The van der Waals surface area contributed by atoms with Gasteiger partial charge in [0.25, 0.3) is 11.6 Å². The van der Waals surface area contributed by atoms with E-state index in [-0.39, 0.29) is 29.7 Å². The summed E-state index contributed by atoms with van der Waals surface area (Å²) in [5.74, 6) is -1.65. The quantitative estimate of drug-likeness (QED) is 0.311. The molecule has 0 spiro atoms. The van der Waals surface area contributed by atoms with Gasteiger partial charge in [0, 0.05) is 19.2 Å². The van der Waals surface area contributed by atoms with Gasteiger partial charge in [0.2, 0.25) is 5.91 Å². The Kier molecular flexibility index (Phi) is 6.56. The van der Waals surface area contributed by atoms with Gasteiger partial charge in [-0.2, -0.15) is 0 Å². The lowest BCUT2D eigenvalue weighted by Crippen LogP contribution is -2.40. The first kappa shape index (κ1) is 19.7. The summed E-state index contributed by atoms with van der Waals surface area (Å²) >= 11 is 1.19. The van der Waals surface area contributed by atoms with E-state index in [9.17, 15) is 24.5 Å². The maximum absolute atomic E-state index is 12.0. The second kappa shape index (κ2) is 8.65. The molecule has 0 heterocycles. The standard InChI is InChI=1S/C16H19N3O6S/c1-18(8-14(20)17-11-4-5-11)15(21)9-25-16(22)10-3-6-13(26-2)12(7-10)19(23)24/h3,6-7,11H,4-5,8-9H2,1-2H3,(H,17,20). The van der Waals surface area contributed by atoms with Crippen LogP contribution in [0, 0.1) is 10.1 Å². The average Bonchev–Trinajstić information content (AvgIpc) is 3.42. The van der Waals surface area contributed by atoms with E-state index < -0.39 is 23.4 Å². The minimum absolute atomic E-state index is 0.0172. The van der Waals surface area contributed by atoms with Gasteiger partial charge in [0.05, 0.1) is 21.9 Å². The highest BCUT2D eigenvalue weighted by Crippen LogP contribution is 2.28. The molecule has 1 aromatic carbocycles. The SMILES string of the molecule is CSc1ccc(C(=O)OCC(=O)N(C)CC(=O)NC2CC2)cc1[N+](=O)[O-]. The van der Waals surface area contributed by atoms with Crippen LogP contribution in [0.4, 0.5) is 5.69 Å². The molecule has 2 rings (SSSR count). The van der Waals surface area contributed by atoms with E-state index in [0.29, 0.717) is 4.90 Å². The van der Waals surface area contributed by atoms with Gasteiger partial charge in [0.15, 0.2) is 6.61 Å². The number of carbonyl (C=O) groups is 3. The summed E-state index contributed by atoms with van der Waals surface area (Å²) in [6, 6.07) is 4.17. The van der Waals surface area contributed by atoms with E-state index in [0.717, 1.165) is 23.8 Å². The van der Waals surface area contributed by atoms with Crippen molar-refractivity contribution in [3.8, 4) is 0 Å². The Bertz CT molecular complexity index is 735. The van der Waals surface area contributed by atoms with Crippen LogP contribution in [0.15, 0.2) is 23.1 Å². The maximum atomic E-state index is 12.0. The van der Waals surface area contributed by atoms with Gasteiger partial charge in [-0.1, -0.05) is 0 Å². The Morgan fingerprint density at radius 1 is 1.38 bits per heavy atom. The minimum atomic E-state index is -0.843. The number of amides is 2. The Morgan fingerprint density at radius 3 is 2.65 bits per heavy atom. The number of rotatable bonds is 8. The largest absolute Gasteiger partial charge is 0.452 e. The molecule has 0 unspecified atom stereocenters. The molecule has 0 bridgehead atoms. The van der Waals surface area contributed by atoms with Crippen LogP contribution in [0.25, 0.3) is 0 Å². The summed E-state index contributed by atoms with van der Waals surface area (Å²) < 4.78 is 4.90. The first-order chi connectivity index (χ1) is 12.3. The van der Waals surface area contributed by atoms with Crippen LogP contribution in [0.5, 0.6) is 0 Å². The molecule has 1 aliphatic rings. The molecule has 0 radical (unpaired) electrons. The molecule has 1 saturated carbocycles. The molecule has 1 aromatic rings. The van der Waals surface area contributed by atoms with E-state index in [1.165, 1.54) is 30.9 Å². The van der Waals surface area contributed by atoms with Crippen LogP contribution < -0.4 is 5.32 Å². The predicted octanol–water partition coefficient (Wildman–Crippen LogP) is 1.21. The lowest BCUT2D eigenvalue weighted by molar-refractivity contribution is -0.387. The van der Waals surface area contributed by atoms with E-state index in [1.54, 1.807) is 6.26 Å². The van der Waals surface area contributed by atoms with Crippen LogP contribution in [0.3, 0.4) is 0 Å². The number of nitrogens with one attached hydrogen (secondary N) is 1. The topological polar surface area (TPSA) is 119 Å². The summed E-state index contributed by atoms with van der Waals surface area (Å²) in [7, 11) is 1.43. The maximum Gasteiger partial charge on any atom is 0.338 e. The van der Waals surface area contributed by atoms with Crippen LogP contribution in [-0.2, 0) is 14.3 Å². The van der Waals surface area contributed by atoms with Crippen molar-refractivity contribution in [1.29, 1.82) is 0 Å². The van der Waals surface area contributed by atoms with Crippen molar-refractivity contribution in [1.82, 2.24) is 10.2 Å². The van der Waals surface area contributed by atoms with Crippen molar-refractivity contribution >= 4 is 35.2 Å². The number of likely N-dealkylation sites (N-methyl/N-ethyl adjacent to an activating group) is 1. The zero-order valence-electron chi connectivity index (χ0n) is 14.4. The molecular formula is C16H19N3O6S. The van der Waals surface area contributed by atoms with Gasteiger partial charge in [-0.25, -0.2) is 4.79 Å². The van der Waals surface area contributed by atoms with Gasteiger partial charge < -0.3 is 15.0 Å². The van der Waals surface area contributed by atoms with Crippen molar-refractivity contribution in [2.45, 2.75) is 23.8 Å². The molecule has 0 aliphatic heterocycles. The molecule has 10 heteroatoms. The highest BCUT2D eigenvalue weighted by Gasteiger charge is 2.25. The van der Waals surface area contributed by atoms with Crippen molar-refractivity contribution in [2.24, 2.45) is 0 Å². The molecule has 0 saturated heterocycles. The van der Waals surface area contributed by atoms with Crippen LogP contribution in [0.2, 0.25) is 0 Å². The normalized spacial score (nSPS) is 13.0. The summed E-state index contributed by atoms with van der Waals surface area (Å²) in [4.78, 5) is 47.6. The first-order valence-corrected chi connectivity index (χ1v) is 9.07. The Hall–Kier alpha value is -2.62. The molecular weight excluding hydrogens is 362 g/mol. The lowest BCUT2D eigenvalue weighted by atomic mass is 10.2. The summed E-state index contributed by atoms with van der Waals surface area (Å²) in [6.07, 6.45) is 3.58. The van der Waals surface area contributed by atoms with Gasteiger partial charge in [-0.15, -0.1) is 11.8 Å². The zero-order valence-corrected chi connectivity index (χ0v) is 15.2. The van der Waals surface area contributed by atoms with Crippen LogP contribution >= 0.6 is 11.8 Å². The number of carbonyl (C=O) groups excluding carboxylic acids is 3. The number of nitrogens with zero attached hydrogens (tertiary/aromatic N) is 2. The van der Waals surface area contributed by atoms with Gasteiger partial charge in [-0.05, 0) is 31.2 Å². The number of hydrogen-bond acceptors (Lipinski definition) is 7. The fourth-order valence-electron chi connectivity index (χ4n) is 2.09. The highest BCUT2D eigenvalue weighted by molar-refractivity contribution is 7.98. The predicted molar refractivity (Wildman–Crippen MR) is 94.0 cm³/mol. The number of thioether (sulfide) groups is 1. The van der Waals surface area contributed by atoms with E-state index in [2.05, 4.69) is 5.32 Å². The van der Waals surface area contributed by atoms with Crippen molar-refractivity contribution in [3.63, 3.8) is 0 Å². The summed E-state index contributed by atoms with van der Waals surface area (Å²) in [5.41, 5.74) is -0.219. The van der Waals surface area contributed by atoms with Crippen molar-refractivity contribution in [3.05, 3.63) is 33.9 Å². The van der Waals surface area contributed by atoms with Gasteiger partial charge in [0.1, 0.15) is 0 Å². The lowest BCUT2D eigenvalue weighted by Gasteiger charge is -2.16. The summed E-state index contributed by atoms with van der Waals surface area (Å²) in [6.45, 7) is -0.676. The van der Waals surface area contributed by atoms with Crippen LogP contribution in [-0.4, -0.2) is 60.1 Å². The third-order valence-corrected chi connectivity index (χ3v) is 4.47. The summed E-state index contributed by atoms with van der Waals surface area (Å²) in [5, 5.41) is 13.8.